The molecule has 0 aromatic heterocycles. The van der Waals surface area contributed by atoms with Crippen LogP contribution in [0.5, 0.6) is 0 Å². The fraction of sp³-hybridized carbons (Fsp3) is 0. The zero-order valence-corrected chi connectivity index (χ0v) is 13.2. The number of rotatable bonds is 0. The van der Waals surface area contributed by atoms with Gasteiger partial charge in [0.05, 0.1) is 0 Å². The Labute approximate surface area is 128 Å². The SMILES string of the molecule is O.O=S(=O)([O-])[O-].O=S(=O)([O-])[O-].[Ba+2].[Pd+2]. The molecule has 0 saturated carbocycles. The van der Waals surface area contributed by atoms with Gasteiger partial charge in [-0.2, -0.15) is 0 Å². The van der Waals surface area contributed by atoms with Crippen molar-refractivity contribution < 1.29 is 60.9 Å². The van der Waals surface area contributed by atoms with Crippen LogP contribution in [0.1, 0.15) is 0 Å². The Kier molecular flexibility index (Phi) is 27.1. The van der Waals surface area contributed by atoms with E-state index >= 15 is 0 Å². The summed E-state index contributed by atoms with van der Waals surface area (Å²) in [7, 11) is -10.3. The fourth-order valence-electron chi connectivity index (χ4n) is 0. The van der Waals surface area contributed by atoms with Crippen LogP contribution in [0.2, 0.25) is 0 Å². The Balaban J connectivity index is -0.0000000267. The summed E-state index contributed by atoms with van der Waals surface area (Å²) < 4.78 is 68.2. The van der Waals surface area contributed by atoms with Gasteiger partial charge in [0.2, 0.25) is 0 Å². The Bertz CT molecular complexity index is 214. The van der Waals surface area contributed by atoms with E-state index < -0.39 is 20.8 Å². The molecule has 0 aliphatic heterocycles. The van der Waals surface area contributed by atoms with Gasteiger partial charge in [-0.3, -0.25) is 16.8 Å². The van der Waals surface area contributed by atoms with Gasteiger partial charge in [-0.15, -0.1) is 0 Å². The van der Waals surface area contributed by atoms with Crippen LogP contribution in [-0.4, -0.2) is 89.4 Å². The Morgan fingerprint density at radius 2 is 0.692 bits per heavy atom. The first kappa shape index (κ1) is 29.4. The van der Waals surface area contributed by atoms with Crippen molar-refractivity contribution in [2.75, 3.05) is 0 Å². The number of hydrogen-bond donors (Lipinski definition) is 0. The summed E-state index contributed by atoms with van der Waals surface area (Å²) >= 11 is 0. The van der Waals surface area contributed by atoms with Crippen molar-refractivity contribution >= 4 is 69.7 Å². The largest absolute Gasteiger partial charge is 2.00 e. The molecule has 0 rings (SSSR count). The van der Waals surface area contributed by atoms with E-state index in [0.29, 0.717) is 0 Å². The normalized spacial score (nSPS) is 8.92. The van der Waals surface area contributed by atoms with Gasteiger partial charge in [-0.1, -0.05) is 0 Å². The maximum absolute atomic E-state index is 8.52. The van der Waals surface area contributed by atoms with Crippen molar-refractivity contribution in [2.24, 2.45) is 0 Å². The molecule has 0 amide bonds. The van der Waals surface area contributed by atoms with Crippen molar-refractivity contribution in [1.82, 2.24) is 0 Å². The molecular weight excluding hydrogens is 452 g/mol. The van der Waals surface area contributed by atoms with E-state index in [0.717, 1.165) is 0 Å². The fourth-order valence-corrected chi connectivity index (χ4v) is 0. The molecule has 13 heavy (non-hydrogen) atoms. The Morgan fingerprint density at radius 1 is 0.692 bits per heavy atom. The summed E-state index contributed by atoms with van der Waals surface area (Å²) in [4.78, 5) is 0. The molecule has 0 aliphatic carbocycles. The van der Waals surface area contributed by atoms with Crippen molar-refractivity contribution in [3.63, 3.8) is 0 Å². The molecule has 0 unspecified atom stereocenters. The monoisotopic (exact) mass is 454 g/mol. The molecule has 0 radical (unpaired) electrons. The van der Waals surface area contributed by atoms with Crippen LogP contribution in [0.4, 0.5) is 0 Å². The van der Waals surface area contributed by atoms with E-state index in [1.807, 2.05) is 0 Å². The van der Waals surface area contributed by atoms with E-state index in [1.165, 1.54) is 0 Å². The molecule has 9 nitrogen and oxygen atoms in total. The summed E-state index contributed by atoms with van der Waals surface area (Å²) in [6, 6.07) is 0. The van der Waals surface area contributed by atoms with Gasteiger partial charge < -0.3 is 23.7 Å². The van der Waals surface area contributed by atoms with Gasteiger partial charge in [0.15, 0.2) is 0 Å². The molecule has 0 saturated heterocycles. The van der Waals surface area contributed by atoms with Gasteiger partial charge in [-0.25, -0.2) is 0 Å². The second-order valence-corrected chi connectivity index (χ2v) is 2.45. The predicted molar refractivity (Wildman–Crippen MR) is 30.3 cm³/mol. The van der Waals surface area contributed by atoms with Gasteiger partial charge in [0.1, 0.15) is 0 Å². The van der Waals surface area contributed by atoms with Crippen molar-refractivity contribution in [3.8, 4) is 0 Å². The van der Waals surface area contributed by atoms with E-state index in [1.54, 1.807) is 0 Å². The predicted octanol–water partition coefficient (Wildman–Crippen LogP) is -3.88. The van der Waals surface area contributed by atoms with Crippen LogP contribution in [-0.2, 0) is 41.2 Å². The summed E-state index contributed by atoms with van der Waals surface area (Å²) in [6.07, 6.45) is 0. The molecule has 0 aromatic rings. The molecule has 13 heteroatoms. The first-order valence-corrected chi connectivity index (χ1v) is 4.00. The number of hydrogen-bond acceptors (Lipinski definition) is 8. The second kappa shape index (κ2) is 12.0. The third-order valence-corrected chi connectivity index (χ3v) is 0. The Hall–Kier alpha value is 1.93. The van der Waals surface area contributed by atoms with Gasteiger partial charge in [-0.05, 0) is 0 Å². The van der Waals surface area contributed by atoms with Gasteiger partial charge in [0, 0.05) is 20.8 Å². The van der Waals surface area contributed by atoms with E-state index in [4.69, 9.17) is 35.0 Å². The second-order valence-electron chi connectivity index (χ2n) is 0.816. The molecule has 80 valence electrons. The molecule has 0 heterocycles. The topological polar surface area (TPSA) is 192 Å². The van der Waals surface area contributed by atoms with Crippen LogP contribution in [0.25, 0.3) is 0 Å². The third-order valence-electron chi connectivity index (χ3n) is 0. The molecule has 0 aliphatic rings. The van der Waals surface area contributed by atoms with Crippen molar-refractivity contribution in [1.29, 1.82) is 0 Å². The average Bonchev–Trinajstić information content (AvgIpc) is 1.12. The first-order valence-electron chi connectivity index (χ1n) is 1.33. The van der Waals surface area contributed by atoms with Crippen LogP contribution in [0.15, 0.2) is 0 Å². The standard InChI is InChI=1S/Ba.2H2O4S.H2O.Pd/c;2*1-5(2,3)4;;/h;2*(H2,1,2,3,4);1H2;/q+2;;;;+2/p-4. The van der Waals surface area contributed by atoms with Crippen LogP contribution >= 0.6 is 0 Å². The van der Waals surface area contributed by atoms with Crippen LogP contribution in [0, 0.1) is 0 Å². The van der Waals surface area contributed by atoms with Gasteiger partial charge in [0.25, 0.3) is 0 Å². The smallest absolute Gasteiger partial charge is 0.759 e. The van der Waals surface area contributed by atoms with Gasteiger partial charge >= 0.3 is 69.3 Å². The quantitative estimate of drug-likeness (QED) is 0.202. The molecular formula is H2BaO9PdS2. The summed E-state index contributed by atoms with van der Waals surface area (Å²) in [5, 5.41) is 0. The maximum atomic E-state index is 8.52. The van der Waals surface area contributed by atoms with Crippen molar-refractivity contribution in [2.45, 2.75) is 0 Å². The summed E-state index contributed by atoms with van der Waals surface area (Å²) in [5.41, 5.74) is 0. The minimum Gasteiger partial charge on any atom is -0.759 e. The van der Waals surface area contributed by atoms with E-state index in [-0.39, 0.29) is 74.8 Å². The zero-order valence-electron chi connectivity index (χ0n) is 5.61. The molecule has 0 bridgehead atoms. The van der Waals surface area contributed by atoms with Crippen molar-refractivity contribution in [3.05, 3.63) is 0 Å². The van der Waals surface area contributed by atoms with E-state index in [2.05, 4.69) is 0 Å². The molecule has 0 spiro atoms. The molecule has 0 atom stereocenters. The molecule has 0 aromatic carbocycles. The van der Waals surface area contributed by atoms with E-state index in [9.17, 15) is 0 Å². The Morgan fingerprint density at radius 3 is 0.692 bits per heavy atom. The molecule has 2 N–H and O–H groups in total. The summed E-state index contributed by atoms with van der Waals surface area (Å²) in [5.74, 6) is 0. The average molecular weight is 454 g/mol. The van der Waals surface area contributed by atoms with Crippen LogP contribution < -0.4 is 0 Å². The molecule has 0 fully saturated rings. The third kappa shape index (κ3) is 531. The minimum atomic E-state index is -5.17. The summed E-state index contributed by atoms with van der Waals surface area (Å²) in [6.45, 7) is 0. The van der Waals surface area contributed by atoms with Crippen LogP contribution in [0.3, 0.4) is 0 Å². The zero-order chi connectivity index (χ0) is 9.00. The maximum Gasteiger partial charge on any atom is 2.00 e. The first-order chi connectivity index (χ1) is 4.00. The minimum absolute atomic E-state index is 0.